The minimum Gasteiger partial charge on any atom is -0.466 e. The SMILES string of the molecule is CCCCC/C=C\C/C=C\CCCCCCCC(=O)OCCCCCCCCCCCCC/C=C\CCCCCCCCCC(=O)NC(CO)C(O)/C=C/CCCCCCCCCCCCCCCCCCCCC. The van der Waals surface area contributed by atoms with Gasteiger partial charge in [0.25, 0.3) is 0 Å². The average Bonchev–Trinajstić information content (AvgIpc) is 3.41. The van der Waals surface area contributed by atoms with Gasteiger partial charge in [-0.05, 0) is 89.9 Å². The second kappa shape index (κ2) is 64.3. The first-order valence-electron chi connectivity index (χ1n) is 33.4. The molecule has 75 heavy (non-hydrogen) atoms. The van der Waals surface area contributed by atoms with Gasteiger partial charge in [0.2, 0.25) is 5.91 Å². The van der Waals surface area contributed by atoms with E-state index in [0.29, 0.717) is 19.4 Å². The predicted molar refractivity (Wildman–Crippen MR) is 329 cm³/mol. The summed E-state index contributed by atoms with van der Waals surface area (Å²) in [6, 6.07) is -0.635. The van der Waals surface area contributed by atoms with Crippen molar-refractivity contribution in [2.75, 3.05) is 13.2 Å². The molecule has 3 N–H and O–H groups in total. The second-order valence-electron chi connectivity index (χ2n) is 22.8. The summed E-state index contributed by atoms with van der Waals surface area (Å²) in [6.07, 6.45) is 83.1. The van der Waals surface area contributed by atoms with E-state index in [1.54, 1.807) is 6.08 Å². The molecule has 0 aliphatic rings. The molecule has 6 nitrogen and oxygen atoms in total. The van der Waals surface area contributed by atoms with Crippen molar-refractivity contribution in [3.63, 3.8) is 0 Å². The molecule has 0 aromatic carbocycles. The van der Waals surface area contributed by atoms with Gasteiger partial charge >= 0.3 is 5.97 Å². The molecule has 0 fully saturated rings. The average molecular weight is 1050 g/mol. The number of hydrogen-bond acceptors (Lipinski definition) is 5. The van der Waals surface area contributed by atoms with Crippen molar-refractivity contribution in [3.05, 3.63) is 48.6 Å². The van der Waals surface area contributed by atoms with Crippen molar-refractivity contribution >= 4 is 11.9 Å². The zero-order chi connectivity index (χ0) is 54.3. The zero-order valence-electron chi connectivity index (χ0n) is 50.3. The predicted octanol–water partition coefficient (Wildman–Crippen LogP) is 21.3. The van der Waals surface area contributed by atoms with Crippen molar-refractivity contribution in [3.8, 4) is 0 Å². The Morgan fingerprint density at radius 3 is 1.05 bits per heavy atom. The van der Waals surface area contributed by atoms with Gasteiger partial charge < -0.3 is 20.3 Å². The maximum atomic E-state index is 12.5. The summed E-state index contributed by atoms with van der Waals surface area (Å²) < 4.78 is 5.48. The number of aliphatic hydroxyl groups is 2. The minimum atomic E-state index is -0.851. The van der Waals surface area contributed by atoms with Crippen LogP contribution in [0.15, 0.2) is 48.6 Å². The van der Waals surface area contributed by atoms with Crippen LogP contribution in [0.25, 0.3) is 0 Å². The van der Waals surface area contributed by atoms with Gasteiger partial charge in [0.15, 0.2) is 0 Å². The second-order valence-corrected chi connectivity index (χ2v) is 22.8. The monoisotopic (exact) mass is 1050 g/mol. The number of rotatable bonds is 62. The Balaban J connectivity index is 3.46. The Kier molecular flexibility index (Phi) is 62.5. The fraction of sp³-hybridized carbons (Fsp3) is 0.855. The summed E-state index contributed by atoms with van der Waals surface area (Å²) in [6.45, 7) is 4.89. The van der Waals surface area contributed by atoms with Gasteiger partial charge in [0.05, 0.1) is 25.4 Å². The highest BCUT2D eigenvalue weighted by Crippen LogP contribution is 2.17. The van der Waals surface area contributed by atoms with Crippen molar-refractivity contribution in [2.45, 2.75) is 366 Å². The third-order valence-corrected chi connectivity index (χ3v) is 15.3. The van der Waals surface area contributed by atoms with Crippen LogP contribution < -0.4 is 5.32 Å². The normalized spacial score (nSPS) is 12.9. The number of amides is 1. The van der Waals surface area contributed by atoms with Gasteiger partial charge in [-0.1, -0.05) is 300 Å². The Bertz CT molecular complexity index is 1260. The number of allylic oxidation sites excluding steroid dienone is 7. The van der Waals surface area contributed by atoms with E-state index in [1.165, 1.54) is 270 Å². The molecule has 0 aliphatic carbocycles. The molecule has 6 heteroatoms. The summed E-state index contributed by atoms with van der Waals surface area (Å²) in [7, 11) is 0. The smallest absolute Gasteiger partial charge is 0.305 e. The van der Waals surface area contributed by atoms with E-state index in [-0.39, 0.29) is 18.5 Å². The molecule has 0 heterocycles. The fourth-order valence-corrected chi connectivity index (χ4v) is 10.2. The molecule has 0 aromatic heterocycles. The molecule has 1 amide bonds. The van der Waals surface area contributed by atoms with Crippen LogP contribution in [0.3, 0.4) is 0 Å². The van der Waals surface area contributed by atoms with Crippen LogP contribution in [0.5, 0.6) is 0 Å². The summed E-state index contributed by atoms with van der Waals surface area (Å²) in [5, 5.41) is 23.2. The third-order valence-electron chi connectivity index (χ3n) is 15.3. The molecule has 440 valence electrons. The molecule has 0 spiro atoms. The lowest BCUT2D eigenvalue weighted by molar-refractivity contribution is -0.143. The summed E-state index contributed by atoms with van der Waals surface area (Å²) in [4.78, 5) is 24.6. The van der Waals surface area contributed by atoms with Crippen molar-refractivity contribution < 1.29 is 24.5 Å². The van der Waals surface area contributed by atoms with Gasteiger partial charge in [-0.2, -0.15) is 0 Å². The first-order valence-corrected chi connectivity index (χ1v) is 33.4. The molecule has 0 bridgehead atoms. The number of nitrogens with one attached hydrogen (secondary N) is 1. The molecule has 0 rings (SSSR count). The number of carbonyl (C=O) groups is 2. The minimum absolute atomic E-state index is 0.00458. The van der Waals surface area contributed by atoms with E-state index in [4.69, 9.17) is 4.74 Å². The van der Waals surface area contributed by atoms with Crippen molar-refractivity contribution in [1.29, 1.82) is 0 Å². The highest BCUT2D eigenvalue weighted by atomic mass is 16.5. The zero-order valence-corrected chi connectivity index (χ0v) is 50.3. The maximum Gasteiger partial charge on any atom is 0.305 e. The molecule has 2 atom stereocenters. The molecule has 0 aromatic rings. The standard InChI is InChI=1S/C69H129NO5/c1-3-5-7-9-11-13-15-17-19-20-21-24-27-30-34-37-41-45-49-53-57-61-67(72)66(65-71)70-68(73)62-58-54-50-46-42-38-35-31-28-25-22-23-26-29-32-36-40-44-48-52-56-60-64-75-69(74)63-59-55-51-47-43-39-33-18-16-14-12-10-8-6-4-2/h12,14,18,25,28,33,57,61,66-67,71-72H,3-11,13,15-17,19-24,26-27,29-32,34-56,58-60,62-65H2,1-2H3,(H,70,73)/b14-12-,28-25-,33-18-,61-57+. The summed E-state index contributed by atoms with van der Waals surface area (Å²) in [5.41, 5.74) is 0. The van der Waals surface area contributed by atoms with Gasteiger partial charge in [-0.25, -0.2) is 0 Å². The van der Waals surface area contributed by atoms with Crippen LogP contribution in [0.4, 0.5) is 0 Å². The lowest BCUT2D eigenvalue weighted by Gasteiger charge is -2.20. The molecule has 2 unspecified atom stereocenters. The number of aliphatic hydroxyl groups excluding tert-OH is 2. The molecule has 0 aliphatic heterocycles. The Morgan fingerprint density at radius 1 is 0.373 bits per heavy atom. The van der Waals surface area contributed by atoms with E-state index in [1.807, 2.05) is 6.08 Å². The molecule has 0 saturated carbocycles. The van der Waals surface area contributed by atoms with Crippen LogP contribution in [0, 0.1) is 0 Å². The van der Waals surface area contributed by atoms with Gasteiger partial charge in [-0.3, -0.25) is 9.59 Å². The number of ether oxygens (including phenoxy) is 1. The maximum absolute atomic E-state index is 12.5. The highest BCUT2D eigenvalue weighted by molar-refractivity contribution is 5.76. The van der Waals surface area contributed by atoms with E-state index in [9.17, 15) is 19.8 Å². The molecular weight excluding hydrogens is 923 g/mol. The fourth-order valence-electron chi connectivity index (χ4n) is 10.2. The van der Waals surface area contributed by atoms with Gasteiger partial charge in [0, 0.05) is 12.8 Å². The van der Waals surface area contributed by atoms with Crippen LogP contribution >= 0.6 is 0 Å². The van der Waals surface area contributed by atoms with Crippen LogP contribution in [0.1, 0.15) is 354 Å². The quantitative estimate of drug-likeness (QED) is 0.0320. The topological polar surface area (TPSA) is 95.9 Å². The number of esters is 1. The lowest BCUT2D eigenvalue weighted by Crippen LogP contribution is -2.45. The Hall–Kier alpha value is -2.18. The molecule has 0 saturated heterocycles. The lowest BCUT2D eigenvalue weighted by atomic mass is 10.0. The van der Waals surface area contributed by atoms with Gasteiger partial charge in [-0.15, -0.1) is 0 Å². The Morgan fingerprint density at radius 2 is 0.667 bits per heavy atom. The number of carbonyl (C=O) groups excluding carboxylic acids is 2. The largest absolute Gasteiger partial charge is 0.466 e. The van der Waals surface area contributed by atoms with Crippen LogP contribution in [-0.2, 0) is 14.3 Å². The number of hydrogen-bond donors (Lipinski definition) is 3. The third kappa shape index (κ3) is 60.9. The highest BCUT2D eigenvalue weighted by Gasteiger charge is 2.18. The molecule has 0 radical (unpaired) electrons. The summed E-state index contributed by atoms with van der Waals surface area (Å²) in [5.74, 6) is -0.0773. The first kappa shape index (κ1) is 72.8. The van der Waals surface area contributed by atoms with Crippen molar-refractivity contribution in [1.82, 2.24) is 5.32 Å². The first-order chi connectivity index (χ1) is 37.0. The van der Waals surface area contributed by atoms with Gasteiger partial charge in [0.1, 0.15) is 0 Å². The summed E-state index contributed by atoms with van der Waals surface area (Å²) >= 11 is 0. The van der Waals surface area contributed by atoms with Crippen LogP contribution in [0.2, 0.25) is 0 Å². The van der Waals surface area contributed by atoms with Crippen molar-refractivity contribution in [2.24, 2.45) is 0 Å². The van der Waals surface area contributed by atoms with E-state index in [2.05, 4.69) is 55.6 Å². The van der Waals surface area contributed by atoms with Crippen LogP contribution in [-0.4, -0.2) is 47.4 Å². The van der Waals surface area contributed by atoms with E-state index < -0.39 is 12.1 Å². The Labute approximate surface area is 467 Å². The van der Waals surface area contributed by atoms with E-state index in [0.717, 1.165) is 57.8 Å². The number of unbranched alkanes of at least 4 members (excludes halogenated alkanes) is 45. The van der Waals surface area contributed by atoms with E-state index >= 15 is 0 Å². The molecular formula is C69H129NO5.